The van der Waals surface area contributed by atoms with Gasteiger partial charge < -0.3 is 15.7 Å². The number of carbonyl (C=O) groups excluding carboxylic acids is 1. The summed E-state index contributed by atoms with van der Waals surface area (Å²) in [7, 11) is 0. The SMILES string of the molecule is CC1(C)CCCN(C(=O)CC(N)C2CC2)C1C(=O)O. The standard InChI is InChI=1S/C14H24N2O3/c1-14(2)6-3-7-16(12(14)13(18)19)11(17)8-10(15)9-4-5-9/h9-10,12H,3-8,15H2,1-2H3,(H,18,19). The van der Waals surface area contributed by atoms with E-state index in [1.807, 2.05) is 13.8 Å². The predicted molar refractivity (Wildman–Crippen MR) is 71.5 cm³/mol. The van der Waals surface area contributed by atoms with E-state index in [1.54, 1.807) is 0 Å². The van der Waals surface area contributed by atoms with Crippen molar-refractivity contribution in [3.63, 3.8) is 0 Å². The molecule has 0 aromatic heterocycles. The molecule has 5 heteroatoms. The van der Waals surface area contributed by atoms with Gasteiger partial charge in [-0.1, -0.05) is 13.8 Å². The highest BCUT2D eigenvalue weighted by molar-refractivity contribution is 5.85. The molecule has 2 aliphatic rings. The molecule has 1 amide bonds. The molecule has 2 atom stereocenters. The zero-order valence-electron chi connectivity index (χ0n) is 11.8. The van der Waals surface area contributed by atoms with Crippen LogP contribution in [0.25, 0.3) is 0 Å². The second-order valence-corrected chi connectivity index (χ2v) is 6.63. The molecule has 0 aromatic rings. The molecule has 1 aliphatic heterocycles. The maximum atomic E-state index is 12.3. The van der Waals surface area contributed by atoms with E-state index in [-0.39, 0.29) is 23.8 Å². The van der Waals surface area contributed by atoms with Crippen molar-refractivity contribution >= 4 is 11.9 Å². The smallest absolute Gasteiger partial charge is 0.326 e. The molecule has 1 aliphatic carbocycles. The van der Waals surface area contributed by atoms with E-state index < -0.39 is 12.0 Å². The van der Waals surface area contributed by atoms with Gasteiger partial charge in [-0.3, -0.25) is 4.79 Å². The maximum absolute atomic E-state index is 12.3. The lowest BCUT2D eigenvalue weighted by Gasteiger charge is -2.44. The van der Waals surface area contributed by atoms with Crippen LogP contribution in [-0.4, -0.2) is 40.5 Å². The number of piperidine rings is 1. The van der Waals surface area contributed by atoms with Crippen molar-refractivity contribution in [3.05, 3.63) is 0 Å². The van der Waals surface area contributed by atoms with E-state index >= 15 is 0 Å². The first-order chi connectivity index (χ1) is 8.83. The molecule has 108 valence electrons. The molecular formula is C14H24N2O3. The molecule has 3 N–H and O–H groups in total. The third-order valence-electron chi connectivity index (χ3n) is 4.46. The van der Waals surface area contributed by atoms with Gasteiger partial charge in [-0.15, -0.1) is 0 Å². The summed E-state index contributed by atoms with van der Waals surface area (Å²) in [6, 6.07) is -0.827. The van der Waals surface area contributed by atoms with Crippen LogP contribution in [0, 0.1) is 11.3 Å². The van der Waals surface area contributed by atoms with Crippen molar-refractivity contribution in [2.24, 2.45) is 17.1 Å². The van der Waals surface area contributed by atoms with Crippen LogP contribution < -0.4 is 5.73 Å². The highest BCUT2D eigenvalue weighted by Crippen LogP contribution is 2.37. The van der Waals surface area contributed by atoms with E-state index in [4.69, 9.17) is 5.73 Å². The molecule has 0 spiro atoms. The van der Waals surface area contributed by atoms with Crippen molar-refractivity contribution in [3.8, 4) is 0 Å². The summed E-state index contributed by atoms with van der Waals surface area (Å²) < 4.78 is 0. The van der Waals surface area contributed by atoms with Crippen molar-refractivity contribution in [1.82, 2.24) is 4.90 Å². The predicted octanol–water partition coefficient (Wildman–Crippen LogP) is 1.22. The topological polar surface area (TPSA) is 83.6 Å². The van der Waals surface area contributed by atoms with Gasteiger partial charge >= 0.3 is 5.97 Å². The Morgan fingerprint density at radius 3 is 2.58 bits per heavy atom. The average Bonchev–Trinajstić information content (AvgIpc) is 3.10. The molecule has 0 bridgehead atoms. The Hall–Kier alpha value is -1.10. The number of likely N-dealkylation sites (tertiary alicyclic amines) is 1. The summed E-state index contributed by atoms with van der Waals surface area (Å²) in [6.07, 6.45) is 4.18. The van der Waals surface area contributed by atoms with E-state index in [0.717, 1.165) is 25.7 Å². The molecule has 1 heterocycles. The normalized spacial score (nSPS) is 27.9. The molecule has 1 saturated carbocycles. The first-order valence-corrected chi connectivity index (χ1v) is 7.11. The molecule has 1 saturated heterocycles. The van der Waals surface area contributed by atoms with Crippen LogP contribution in [0.2, 0.25) is 0 Å². The molecule has 5 nitrogen and oxygen atoms in total. The highest BCUT2D eigenvalue weighted by Gasteiger charge is 2.45. The number of carboxylic acids is 1. The first kappa shape index (κ1) is 14.3. The Morgan fingerprint density at radius 2 is 2.05 bits per heavy atom. The van der Waals surface area contributed by atoms with Gasteiger partial charge in [0.25, 0.3) is 0 Å². The highest BCUT2D eigenvalue weighted by atomic mass is 16.4. The van der Waals surface area contributed by atoms with Crippen LogP contribution in [-0.2, 0) is 9.59 Å². The monoisotopic (exact) mass is 268 g/mol. The number of carbonyl (C=O) groups is 2. The Balaban J connectivity index is 2.06. The minimum absolute atomic E-state index is 0.0976. The summed E-state index contributed by atoms with van der Waals surface area (Å²) in [6.45, 7) is 4.38. The zero-order valence-corrected chi connectivity index (χ0v) is 11.8. The molecule has 2 unspecified atom stereocenters. The van der Waals surface area contributed by atoms with Crippen LogP contribution in [0.4, 0.5) is 0 Å². The Labute approximate surface area is 114 Å². The van der Waals surface area contributed by atoms with Gasteiger partial charge in [0.1, 0.15) is 6.04 Å². The second-order valence-electron chi connectivity index (χ2n) is 6.63. The fourth-order valence-corrected chi connectivity index (χ4v) is 3.14. The van der Waals surface area contributed by atoms with Gasteiger partial charge in [-0.05, 0) is 37.0 Å². The number of nitrogens with zero attached hydrogens (tertiary/aromatic N) is 1. The summed E-state index contributed by atoms with van der Waals surface area (Å²) in [4.78, 5) is 25.4. The van der Waals surface area contributed by atoms with Crippen molar-refractivity contribution in [2.75, 3.05) is 6.54 Å². The lowest BCUT2D eigenvalue weighted by atomic mass is 9.76. The largest absolute Gasteiger partial charge is 0.480 e. The Bertz CT molecular complexity index is 377. The van der Waals surface area contributed by atoms with Gasteiger partial charge in [0.15, 0.2) is 0 Å². The fourth-order valence-electron chi connectivity index (χ4n) is 3.14. The van der Waals surface area contributed by atoms with Gasteiger partial charge in [0.2, 0.25) is 5.91 Å². The number of nitrogens with two attached hydrogens (primary N) is 1. The number of rotatable bonds is 4. The molecule has 19 heavy (non-hydrogen) atoms. The Morgan fingerprint density at radius 1 is 1.42 bits per heavy atom. The summed E-state index contributed by atoms with van der Waals surface area (Å²) in [5.41, 5.74) is 5.61. The van der Waals surface area contributed by atoms with Crippen molar-refractivity contribution in [1.29, 1.82) is 0 Å². The van der Waals surface area contributed by atoms with Crippen LogP contribution in [0.1, 0.15) is 46.0 Å². The lowest BCUT2D eigenvalue weighted by molar-refractivity contribution is -0.159. The third kappa shape index (κ3) is 3.08. The summed E-state index contributed by atoms with van der Waals surface area (Å²) in [5.74, 6) is -0.539. The van der Waals surface area contributed by atoms with Crippen LogP contribution in [0.3, 0.4) is 0 Å². The minimum atomic E-state index is -0.905. The second kappa shape index (κ2) is 5.12. The quantitative estimate of drug-likeness (QED) is 0.803. The van der Waals surface area contributed by atoms with Crippen molar-refractivity contribution in [2.45, 2.75) is 58.0 Å². The number of carboxylic acid groups (broad SMARTS) is 1. The Kier molecular flexibility index (Phi) is 3.85. The number of aliphatic carboxylic acids is 1. The molecule has 2 rings (SSSR count). The molecule has 0 aromatic carbocycles. The molecule has 2 fully saturated rings. The summed E-state index contributed by atoms with van der Waals surface area (Å²) in [5, 5.41) is 9.42. The summed E-state index contributed by atoms with van der Waals surface area (Å²) >= 11 is 0. The van der Waals surface area contributed by atoms with Crippen LogP contribution in [0.15, 0.2) is 0 Å². The minimum Gasteiger partial charge on any atom is -0.480 e. The first-order valence-electron chi connectivity index (χ1n) is 7.11. The number of hydrogen-bond acceptors (Lipinski definition) is 3. The van der Waals surface area contributed by atoms with E-state index in [9.17, 15) is 14.7 Å². The third-order valence-corrected chi connectivity index (χ3v) is 4.46. The average molecular weight is 268 g/mol. The lowest BCUT2D eigenvalue weighted by Crippen LogP contribution is -2.57. The zero-order chi connectivity index (χ0) is 14.2. The van der Waals surface area contributed by atoms with E-state index in [1.165, 1.54) is 4.90 Å². The molecular weight excluding hydrogens is 244 g/mol. The van der Waals surface area contributed by atoms with Crippen LogP contribution in [0.5, 0.6) is 0 Å². The van der Waals surface area contributed by atoms with Crippen molar-refractivity contribution < 1.29 is 14.7 Å². The van der Waals surface area contributed by atoms with Gasteiger partial charge in [0.05, 0.1) is 0 Å². The number of hydrogen-bond donors (Lipinski definition) is 2. The van der Waals surface area contributed by atoms with Gasteiger partial charge in [-0.2, -0.15) is 0 Å². The maximum Gasteiger partial charge on any atom is 0.326 e. The molecule has 0 radical (unpaired) electrons. The number of amides is 1. The van der Waals surface area contributed by atoms with Crippen LogP contribution >= 0.6 is 0 Å². The van der Waals surface area contributed by atoms with Gasteiger partial charge in [-0.25, -0.2) is 4.79 Å². The fraction of sp³-hybridized carbons (Fsp3) is 0.857. The van der Waals surface area contributed by atoms with Gasteiger partial charge in [0, 0.05) is 19.0 Å². The van der Waals surface area contributed by atoms with E-state index in [2.05, 4.69) is 0 Å². The van der Waals surface area contributed by atoms with E-state index in [0.29, 0.717) is 12.5 Å².